The van der Waals surface area contributed by atoms with Gasteiger partial charge in [-0.05, 0) is 56.0 Å². The van der Waals surface area contributed by atoms with Crippen LogP contribution < -0.4 is 20.7 Å². The van der Waals surface area contributed by atoms with Crippen LogP contribution in [-0.4, -0.2) is 65.9 Å². The van der Waals surface area contributed by atoms with Gasteiger partial charge in [-0.1, -0.05) is 37.8 Å². The Labute approximate surface area is 234 Å². The largest absolute Gasteiger partial charge is 0.497 e. The maximum absolute atomic E-state index is 13.7. The van der Waals surface area contributed by atoms with Crippen LogP contribution in [0.15, 0.2) is 48.8 Å². The van der Waals surface area contributed by atoms with E-state index >= 15 is 0 Å². The van der Waals surface area contributed by atoms with E-state index in [0.29, 0.717) is 30.3 Å². The highest BCUT2D eigenvalue weighted by atomic mass is 16.6. The van der Waals surface area contributed by atoms with Crippen molar-refractivity contribution in [2.45, 2.75) is 76.1 Å². The third-order valence-corrected chi connectivity index (χ3v) is 7.69. The van der Waals surface area contributed by atoms with Gasteiger partial charge in [0, 0.05) is 24.4 Å². The first kappa shape index (κ1) is 29.2. The number of methoxy groups -OCH3 is 1. The number of ether oxygens (including phenoxy) is 2. The SMILES string of the molecule is COc1ccc(CC(NC(=O)C(C)NC(=O)c2ccncc2)C(=O)NC(CC2CCCC2)C(=O)C2(C)CO2)cc1. The molecule has 0 radical (unpaired) electrons. The van der Waals surface area contributed by atoms with Crippen molar-refractivity contribution in [3.8, 4) is 5.75 Å². The van der Waals surface area contributed by atoms with Gasteiger partial charge in [0.15, 0.2) is 5.78 Å². The van der Waals surface area contributed by atoms with Gasteiger partial charge in [0.25, 0.3) is 5.91 Å². The topological polar surface area (TPSA) is 139 Å². The van der Waals surface area contributed by atoms with E-state index in [-0.39, 0.29) is 12.2 Å². The number of carbonyl (C=O) groups excluding carboxylic acids is 4. The number of ketones is 1. The molecule has 2 heterocycles. The summed E-state index contributed by atoms with van der Waals surface area (Å²) in [6, 6.07) is 7.69. The number of hydrogen-bond acceptors (Lipinski definition) is 7. The maximum atomic E-state index is 13.7. The average Bonchev–Trinajstić information content (AvgIpc) is 3.50. The number of Topliss-reactive ketones (excluding diaryl/α,β-unsaturated/α-hetero) is 1. The van der Waals surface area contributed by atoms with Crippen LogP contribution in [0, 0.1) is 5.92 Å². The summed E-state index contributed by atoms with van der Waals surface area (Å²) in [7, 11) is 1.57. The third kappa shape index (κ3) is 7.65. The molecule has 2 fully saturated rings. The van der Waals surface area contributed by atoms with Gasteiger partial charge in [-0.2, -0.15) is 0 Å². The highest BCUT2D eigenvalue weighted by Gasteiger charge is 2.50. The predicted molar refractivity (Wildman–Crippen MR) is 148 cm³/mol. The molecule has 214 valence electrons. The fourth-order valence-electron chi connectivity index (χ4n) is 5.05. The monoisotopic (exact) mass is 550 g/mol. The van der Waals surface area contributed by atoms with Crippen LogP contribution in [0.1, 0.15) is 61.9 Å². The summed E-state index contributed by atoms with van der Waals surface area (Å²) >= 11 is 0. The molecule has 1 aliphatic carbocycles. The summed E-state index contributed by atoms with van der Waals surface area (Å²) in [5, 5.41) is 8.39. The first-order valence-electron chi connectivity index (χ1n) is 13.8. The fourth-order valence-corrected chi connectivity index (χ4v) is 5.05. The zero-order chi connectivity index (χ0) is 28.7. The molecule has 2 aromatic rings. The molecule has 3 N–H and O–H groups in total. The number of nitrogens with zero attached hydrogens (tertiary/aromatic N) is 1. The number of nitrogens with one attached hydrogen (secondary N) is 3. The second-order valence-corrected chi connectivity index (χ2v) is 10.9. The molecule has 0 bridgehead atoms. The molecule has 1 aromatic carbocycles. The van der Waals surface area contributed by atoms with Crippen molar-refractivity contribution in [1.82, 2.24) is 20.9 Å². The summed E-state index contributed by atoms with van der Waals surface area (Å²) in [5.74, 6) is -0.526. The van der Waals surface area contributed by atoms with Crippen LogP contribution in [0.5, 0.6) is 5.75 Å². The van der Waals surface area contributed by atoms with Gasteiger partial charge in [-0.15, -0.1) is 0 Å². The number of carbonyl (C=O) groups is 4. The molecule has 4 rings (SSSR count). The lowest BCUT2D eigenvalue weighted by molar-refractivity contribution is -0.133. The van der Waals surface area contributed by atoms with Gasteiger partial charge >= 0.3 is 0 Å². The summed E-state index contributed by atoms with van der Waals surface area (Å²) in [6.45, 7) is 3.63. The Balaban J connectivity index is 1.48. The smallest absolute Gasteiger partial charge is 0.252 e. The van der Waals surface area contributed by atoms with Crippen LogP contribution in [-0.2, 0) is 25.5 Å². The van der Waals surface area contributed by atoms with Crippen molar-refractivity contribution in [2.24, 2.45) is 5.92 Å². The Morgan fingerprint density at radius 1 is 0.975 bits per heavy atom. The summed E-state index contributed by atoms with van der Waals surface area (Å²) in [6.07, 6.45) is 8.00. The number of benzene rings is 1. The molecule has 1 aliphatic heterocycles. The summed E-state index contributed by atoms with van der Waals surface area (Å²) in [4.78, 5) is 56.6. The van der Waals surface area contributed by atoms with E-state index in [1.807, 2.05) is 12.1 Å². The third-order valence-electron chi connectivity index (χ3n) is 7.69. The number of hydrogen-bond donors (Lipinski definition) is 3. The lowest BCUT2D eigenvalue weighted by Crippen LogP contribution is -2.57. The van der Waals surface area contributed by atoms with Crippen molar-refractivity contribution < 1.29 is 28.7 Å². The minimum Gasteiger partial charge on any atom is -0.497 e. The molecule has 3 amide bonds. The Hall–Kier alpha value is -3.79. The van der Waals surface area contributed by atoms with Crippen molar-refractivity contribution >= 4 is 23.5 Å². The first-order valence-corrected chi connectivity index (χ1v) is 13.8. The second kappa shape index (κ2) is 13.0. The number of pyridine rings is 1. The standard InChI is InChI=1S/C30H38N4O6/c1-19(32-28(37)22-12-14-31-15-13-22)27(36)34-25(17-21-8-10-23(39-3)11-9-21)29(38)33-24(16-20-6-4-5-7-20)26(35)30(2)18-40-30/h8-15,19-20,24-25H,4-7,16-18H2,1-3H3,(H,32,37)(H,33,38)(H,34,36). The summed E-state index contributed by atoms with van der Waals surface area (Å²) in [5.41, 5.74) is 0.286. The molecule has 2 aliphatic rings. The molecular formula is C30H38N4O6. The van der Waals surface area contributed by atoms with E-state index in [2.05, 4.69) is 20.9 Å². The summed E-state index contributed by atoms with van der Waals surface area (Å²) < 4.78 is 10.6. The van der Waals surface area contributed by atoms with Gasteiger partial charge in [-0.25, -0.2) is 0 Å². The minimum absolute atomic E-state index is 0.139. The van der Waals surface area contributed by atoms with E-state index in [9.17, 15) is 19.2 Å². The van der Waals surface area contributed by atoms with Crippen LogP contribution >= 0.6 is 0 Å². The van der Waals surface area contributed by atoms with Crippen molar-refractivity contribution in [3.63, 3.8) is 0 Å². The first-order chi connectivity index (χ1) is 19.2. The van der Waals surface area contributed by atoms with E-state index in [1.165, 1.54) is 12.4 Å². The zero-order valence-corrected chi connectivity index (χ0v) is 23.3. The molecule has 4 atom stereocenters. The Morgan fingerprint density at radius 2 is 1.60 bits per heavy atom. The van der Waals surface area contributed by atoms with Gasteiger partial charge in [-0.3, -0.25) is 24.2 Å². The van der Waals surface area contributed by atoms with Gasteiger partial charge in [0.05, 0.1) is 19.8 Å². The molecule has 10 nitrogen and oxygen atoms in total. The van der Waals surface area contributed by atoms with Crippen molar-refractivity contribution in [3.05, 3.63) is 59.9 Å². The number of epoxide rings is 1. The molecule has 10 heteroatoms. The number of aromatic nitrogens is 1. The Kier molecular flexibility index (Phi) is 9.52. The Morgan fingerprint density at radius 3 is 2.20 bits per heavy atom. The van der Waals surface area contributed by atoms with Crippen LogP contribution in [0.3, 0.4) is 0 Å². The van der Waals surface area contributed by atoms with Gasteiger partial charge in [0.2, 0.25) is 11.8 Å². The van der Waals surface area contributed by atoms with E-state index < -0.39 is 41.4 Å². The van der Waals surface area contributed by atoms with E-state index in [0.717, 1.165) is 31.2 Å². The molecular weight excluding hydrogens is 512 g/mol. The highest BCUT2D eigenvalue weighted by molar-refractivity contribution is 5.99. The van der Waals surface area contributed by atoms with E-state index in [1.54, 1.807) is 45.2 Å². The zero-order valence-electron chi connectivity index (χ0n) is 23.3. The van der Waals surface area contributed by atoms with E-state index in [4.69, 9.17) is 9.47 Å². The highest BCUT2D eigenvalue weighted by Crippen LogP contribution is 2.33. The maximum Gasteiger partial charge on any atom is 0.252 e. The number of amides is 3. The number of rotatable bonds is 13. The molecule has 0 spiro atoms. The van der Waals surface area contributed by atoms with Crippen LogP contribution in [0.2, 0.25) is 0 Å². The molecule has 4 unspecified atom stereocenters. The van der Waals surface area contributed by atoms with Crippen LogP contribution in [0.25, 0.3) is 0 Å². The van der Waals surface area contributed by atoms with Crippen molar-refractivity contribution in [2.75, 3.05) is 13.7 Å². The normalized spacial score (nSPS) is 20.6. The molecule has 1 saturated heterocycles. The fraction of sp³-hybridized carbons (Fsp3) is 0.500. The van der Waals surface area contributed by atoms with Crippen molar-refractivity contribution in [1.29, 1.82) is 0 Å². The van der Waals surface area contributed by atoms with Gasteiger partial charge < -0.3 is 25.4 Å². The minimum atomic E-state index is -0.979. The molecule has 1 aromatic heterocycles. The Bertz CT molecular complexity index is 1190. The predicted octanol–water partition coefficient (Wildman–Crippen LogP) is 2.36. The lowest BCUT2D eigenvalue weighted by atomic mass is 9.90. The van der Waals surface area contributed by atoms with Gasteiger partial charge in [0.1, 0.15) is 23.4 Å². The quantitative estimate of drug-likeness (QED) is 0.326. The molecule has 40 heavy (non-hydrogen) atoms. The second-order valence-electron chi connectivity index (χ2n) is 10.9. The van der Waals surface area contributed by atoms with Crippen LogP contribution in [0.4, 0.5) is 0 Å². The molecule has 1 saturated carbocycles. The lowest BCUT2D eigenvalue weighted by Gasteiger charge is -2.26. The average molecular weight is 551 g/mol.